The summed E-state index contributed by atoms with van der Waals surface area (Å²) in [7, 11) is -0.829. The Morgan fingerprint density at radius 3 is 2.11 bits per heavy atom. The first-order chi connectivity index (χ1) is 4.02. The van der Waals surface area contributed by atoms with Gasteiger partial charge in [-0.15, -0.1) is 0 Å². The van der Waals surface area contributed by atoms with Crippen LogP contribution in [0.5, 0.6) is 0 Å². The van der Waals surface area contributed by atoms with Crippen LogP contribution in [-0.4, -0.2) is 25.1 Å². The van der Waals surface area contributed by atoms with Gasteiger partial charge in [0, 0.05) is 53.3 Å². The molecule has 0 heterocycles. The summed E-state index contributed by atoms with van der Waals surface area (Å²) < 4.78 is 7.90. The minimum Gasteiger partial charge on any atom is -0.0311 e. The van der Waals surface area contributed by atoms with Gasteiger partial charge in [0.15, 0.2) is 0 Å². The summed E-state index contributed by atoms with van der Waals surface area (Å²) in [6.45, 7) is 6.85. The van der Waals surface area contributed by atoms with Gasteiger partial charge < -0.3 is 0 Å². The van der Waals surface area contributed by atoms with E-state index < -0.39 is 7.26 Å². The zero-order chi connectivity index (χ0) is 7.12. The van der Waals surface area contributed by atoms with Crippen LogP contribution >= 0.6 is 7.26 Å². The molecule has 0 aromatic heterocycles. The second-order valence-corrected chi connectivity index (χ2v) is 7.70. The van der Waals surface area contributed by atoms with Crippen LogP contribution in [0.15, 0.2) is 0 Å². The van der Waals surface area contributed by atoms with Crippen LogP contribution in [0.2, 0.25) is 0 Å². The van der Waals surface area contributed by atoms with Gasteiger partial charge in [0.05, 0.1) is 13.2 Å². The van der Waals surface area contributed by atoms with E-state index in [1.807, 2.05) is 0 Å². The fraction of sp³-hybridized carbons (Fsp3) is 1.00. The Kier molecular flexibility index (Phi) is 3.63. The monoisotopic (exact) mass is 221 g/mol. The van der Waals surface area contributed by atoms with Crippen molar-refractivity contribution in [3.63, 3.8) is 0 Å². The Hall–Kier alpha value is 1.53. The molecule has 1 saturated carbocycles. The van der Waals surface area contributed by atoms with Crippen LogP contribution in [0.4, 0.5) is 0 Å². The zero-order valence-corrected chi connectivity index (χ0v) is 10.4. The molecular formula is C7H16PY+. The minimum absolute atomic E-state index is 0. The van der Waals surface area contributed by atoms with E-state index in [1.165, 1.54) is 19.0 Å². The summed E-state index contributed by atoms with van der Waals surface area (Å²) >= 11 is 0. The molecule has 1 fully saturated rings. The second-order valence-electron chi connectivity index (χ2n) is 3.07. The normalized spacial score (nSPS) is 24.1. The molecule has 2 heteroatoms. The minimum atomic E-state index is -0.829. The van der Waals surface area contributed by atoms with Gasteiger partial charge >= 0.3 is 0 Å². The predicted octanol–water partition coefficient (Wildman–Crippen LogP) is 2.44. The van der Waals surface area contributed by atoms with E-state index in [9.17, 15) is 0 Å². The van der Waals surface area contributed by atoms with E-state index >= 15 is 0 Å². The average molecular weight is 221 g/mol. The van der Waals surface area contributed by atoms with E-state index in [0.29, 0.717) is 0 Å². The maximum absolute atomic E-state index is 7.90. The summed E-state index contributed by atoms with van der Waals surface area (Å²) in [5, 5.41) is 0. The summed E-state index contributed by atoms with van der Waals surface area (Å²) in [4.78, 5) is 0. The van der Waals surface area contributed by atoms with E-state index in [4.69, 9.17) is 1.37 Å². The van der Waals surface area contributed by atoms with Gasteiger partial charge in [-0.05, 0) is 19.8 Å². The zero-order valence-electron chi connectivity index (χ0n) is 7.65. The molecule has 51 valence electrons. The maximum atomic E-state index is 7.90. The average Bonchev–Trinajstić information content (AvgIpc) is 2.49. The summed E-state index contributed by atoms with van der Waals surface area (Å²) in [5.41, 5.74) is 0.0573. The first-order valence-electron chi connectivity index (χ1n) is 3.85. The summed E-state index contributed by atoms with van der Waals surface area (Å²) in [6, 6.07) is 0. The first kappa shape index (κ1) is 8.63. The molecular weight excluding hydrogens is 204 g/mol. The maximum Gasteiger partial charge on any atom is 0.0745 e. The Bertz CT molecular complexity index is 121. The second kappa shape index (κ2) is 3.79. The first-order valence-corrected chi connectivity index (χ1v) is 6.22. The molecule has 0 aromatic rings. The van der Waals surface area contributed by atoms with Gasteiger partial charge in [-0.1, -0.05) is 0 Å². The molecule has 0 aromatic carbocycles. The van der Waals surface area contributed by atoms with Crippen molar-refractivity contribution in [1.29, 1.82) is 0 Å². The Labute approximate surface area is 85.8 Å². The Morgan fingerprint density at radius 1 is 1.56 bits per heavy atom. The van der Waals surface area contributed by atoms with Gasteiger partial charge in [0.1, 0.15) is 0 Å². The van der Waals surface area contributed by atoms with Crippen molar-refractivity contribution in [2.45, 2.75) is 25.4 Å². The van der Waals surface area contributed by atoms with Crippen molar-refractivity contribution in [3.05, 3.63) is 0 Å². The van der Waals surface area contributed by atoms with Crippen LogP contribution in [-0.2, 0) is 32.7 Å². The summed E-state index contributed by atoms with van der Waals surface area (Å²) in [6.07, 6.45) is 3.58. The van der Waals surface area contributed by atoms with Crippen molar-refractivity contribution in [3.8, 4) is 0 Å². The number of hydrogen-bond donors (Lipinski definition) is 0. The van der Waals surface area contributed by atoms with E-state index in [2.05, 4.69) is 20.3 Å². The molecule has 0 aliphatic heterocycles. The molecule has 1 aliphatic rings. The fourth-order valence-electron chi connectivity index (χ4n) is 0.885. The molecule has 0 N–H and O–H groups in total. The molecule has 0 unspecified atom stereocenters. The summed E-state index contributed by atoms with van der Waals surface area (Å²) in [5.74, 6) is 0. The van der Waals surface area contributed by atoms with Gasteiger partial charge in [0.2, 0.25) is 0 Å². The van der Waals surface area contributed by atoms with Crippen molar-refractivity contribution < 1.29 is 34.1 Å². The molecule has 0 nitrogen and oxygen atoms in total. The Balaban J connectivity index is 0.000000810. The third-order valence-electron chi connectivity index (χ3n) is 2.12. The van der Waals surface area contributed by atoms with Gasteiger partial charge in [0.25, 0.3) is 0 Å². The largest absolute Gasteiger partial charge is 0.0745 e. The van der Waals surface area contributed by atoms with Crippen LogP contribution in [0, 0.1) is 0 Å². The van der Waals surface area contributed by atoms with Gasteiger partial charge in [-0.25, -0.2) is 0 Å². The molecule has 1 radical (unpaired) electrons. The van der Waals surface area contributed by atoms with Crippen LogP contribution < -0.4 is 0 Å². The smallest absolute Gasteiger partial charge is 0.0311 e. The van der Waals surface area contributed by atoms with Crippen LogP contribution in [0.25, 0.3) is 0 Å². The van der Waals surface area contributed by atoms with Gasteiger partial charge in [-0.2, -0.15) is 0 Å². The fourth-order valence-corrected chi connectivity index (χ4v) is 2.65. The van der Waals surface area contributed by atoms with Crippen molar-refractivity contribution >= 4 is 7.26 Å². The molecule has 1 aliphatic carbocycles. The molecule has 0 bridgehead atoms. The standard InChI is InChI=1S/C7H16P.Y/c1-4-8(2,3)7-5-6-7;/h7H,4-6H2,1-3H3;/q+1;/i7D;. The molecule has 0 atom stereocenters. The molecule has 0 spiro atoms. The number of hydrogen-bond acceptors (Lipinski definition) is 0. The van der Waals surface area contributed by atoms with Gasteiger partial charge in [-0.3, -0.25) is 0 Å². The molecule has 0 amide bonds. The van der Waals surface area contributed by atoms with E-state index in [-0.39, 0.29) is 38.3 Å². The Morgan fingerprint density at radius 2 is 2.00 bits per heavy atom. The quantitative estimate of drug-likeness (QED) is 0.628. The number of rotatable bonds is 2. The molecule has 9 heavy (non-hydrogen) atoms. The third kappa shape index (κ3) is 2.95. The third-order valence-corrected chi connectivity index (χ3v) is 5.86. The van der Waals surface area contributed by atoms with Crippen LogP contribution in [0.3, 0.4) is 0 Å². The SMILES string of the molecule is [2H]C1([P+](C)(C)CC)CC1.[Y]. The van der Waals surface area contributed by atoms with Crippen molar-refractivity contribution in [2.75, 3.05) is 19.5 Å². The predicted molar refractivity (Wildman–Crippen MR) is 42.3 cm³/mol. The van der Waals surface area contributed by atoms with E-state index in [0.717, 1.165) is 0 Å². The molecule has 1 rings (SSSR count). The van der Waals surface area contributed by atoms with E-state index in [1.54, 1.807) is 0 Å². The topological polar surface area (TPSA) is 0 Å². The van der Waals surface area contributed by atoms with Crippen LogP contribution in [0.1, 0.15) is 21.1 Å². The molecule has 0 saturated heterocycles. The van der Waals surface area contributed by atoms with Crippen molar-refractivity contribution in [1.82, 2.24) is 0 Å². The van der Waals surface area contributed by atoms with Crippen molar-refractivity contribution in [2.24, 2.45) is 0 Å².